The fourth-order valence-corrected chi connectivity index (χ4v) is 2.28. The van der Waals surface area contributed by atoms with Crippen molar-refractivity contribution in [3.8, 4) is 0 Å². The molecule has 0 N–H and O–H groups in total. The van der Waals surface area contributed by atoms with Crippen LogP contribution in [0.4, 0.5) is 17.7 Å². The van der Waals surface area contributed by atoms with Crippen molar-refractivity contribution >= 4 is 11.9 Å². The van der Waals surface area contributed by atoms with Crippen LogP contribution in [-0.2, 0) is 19.3 Å². The number of carbonyl (C=O) groups excluding carboxylic acids is 2. The smallest absolute Gasteiger partial charge is 0.389 e. The Hall–Kier alpha value is -1.34. The van der Waals surface area contributed by atoms with E-state index in [1.807, 2.05) is 0 Å². The summed E-state index contributed by atoms with van der Waals surface area (Å²) in [6.07, 6.45) is -0.311. The molecule has 1 atom stereocenters. The molecule has 1 aliphatic carbocycles. The van der Waals surface area contributed by atoms with Gasteiger partial charge in [0.05, 0.1) is 0 Å². The molecule has 0 bridgehead atoms. The van der Waals surface area contributed by atoms with Crippen LogP contribution < -0.4 is 0 Å². The van der Waals surface area contributed by atoms with E-state index < -0.39 is 29.6 Å². The van der Waals surface area contributed by atoms with Crippen LogP contribution in [0.5, 0.6) is 0 Å². The third-order valence-electron chi connectivity index (χ3n) is 3.59. The largest absolute Gasteiger partial charge is 0.455 e. The van der Waals surface area contributed by atoms with E-state index in [2.05, 4.69) is 4.94 Å². The molecular weight excluding hydrogens is 284 g/mol. The zero-order chi connectivity index (χ0) is 15.4. The van der Waals surface area contributed by atoms with Crippen molar-refractivity contribution in [2.24, 2.45) is 0 Å². The summed E-state index contributed by atoms with van der Waals surface area (Å²) in [5.74, 6) is -9.40. The molecule has 0 spiro atoms. The molecule has 0 saturated heterocycles. The van der Waals surface area contributed by atoms with Gasteiger partial charge in [-0.1, -0.05) is 13.3 Å². The van der Waals surface area contributed by atoms with E-state index in [0.717, 1.165) is 6.42 Å². The van der Waals surface area contributed by atoms with Crippen molar-refractivity contribution in [1.29, 1.82) is 0 Å². The lowest BCUT2D eigenvalue weighted by atomic mass is 9.82. The Balaban J connectivity index is 2.79. The van der Waals surface area contributed by atoms with Crippen molar-refractivity contribution in [2.45, 2.75) is 63.1 Å². The minimum atomic E-state index is -4.78. The van der Waals surface area contributed by atoms with Gasteiger partial charge in [-0.3, -0.25) is 4.94 Å². The molecule has 0 radical (unpaired) electrons. The summed E-state index contributed by atoms with van der Waals surface area (Å²) < 4.78 is 56.0. The Morgan fingerprint density at radius 2 is 1.80 bits per heavy atom. The van der Waals surface area contributed by atoms with Gasteiger partial charge < -0.3 is 4.74 Å². The van der Waals surface area contributed by atoms with E-state index in [0.29, 0.717) is 32.1 Å². The normalized spacial score (nSPS) is 20.1. The summed E-state index contributed by atoms with van der Waals surface area (Å²) >= 11 is 0. The fourth-order valence-electron chi connectivity index (χ4n) is 2.28. The topological polar surface area (TPSA) is 52.6 Å². The van der Waals surface area contributed by atoms with Crippen LogP contribution in [0, 0.1) is 0 Å². The fraction of sp³-hybridized carbons (Fsp3) is 0.833. The number of carbonyl (C=O) groups is 2. The molecule has 1 rings (SSSR count). The number of hydrogen-bond acceptors (Lipinski definition) is 4. The first-order chi connectivity index (χ1) is 9.29. The lowest BCUT2D eigenvalue weighted by Gasteiger charge is -2.37. The number of hydrogen-bond donors (Lipinski definition) is 0. The molecule has 1 aliphatic rings. The summed E-state index contributed by atoms with van der Waals surface area (Å²) in [4.78, 5) is 24.2. The standard InChI is InChI=1S/C12H16F4O4/c1-2-11(6-4-3-5-7-11)19-10(18)12(14,15)8(13)9(17)20-16/h8H,2-7H2,1H3. The molecule has 0 aliphatic heterocycles. The van der Waals surface area contributed by atoms with Crippen LogP contribution in [0.1, 0.15) is 45.4 Å². The van der Waals surface area contributed by atoms with Gasteiger partial charge in [-0.25, -0.2) is 14.0 Å². The van der Waals surface area contributed by atoms with Gasteiger partial charge in [0.1, 0.15) is 5.60 Å². The summed E-state index contributed by atoms with van der Waals surface area (Å²) in [6, 6.07) is 0. The molecule has 0 heterocycles. The third kappa shape index (κ3) is 3.40. The van der Waals surface area contributed by atoms with Gasteiger partial charge >= 0.3 is 17.9 Å². The highest BCUT2D eigenvalue weighted by Gasteiger charge is 2.56. The van der Waals surface area contributed by atoms with E-state index in [1.165, 1.54) is 0 Å². The van der Waals surface area contributed by atoms with Crippen LogP contribution in [0.25, 0.3) is 0 Å². The molecular formula is C12H16F4O4. The lowest BCUT2D eigenvalue weighted by molar-refractivity contribution is -0.218. The molecule has 1 fully saturated rings. The molecule has 116 valence electrons. The highest BCUT2D eigenvalue weighted by molar-refractivity contribution is 5.87. The van der Waals surface area contributed by atoms with E-state index in [4.69, 9.17) is 4.74 Å². The van der Waals surface area contributed by atoms with Crippen molar-refractivity contribution in [3.05, 3.63) is 0 Å². The average molecular weight is 300 g/mol. The molecule has 0 aromatic rings. The van der Waals surface area contributed by atoms with Crippen LogP contribution >= 0.6 is 0 Å². The SMILES string of the molecule is CCC1(OC(=O)C(F)(F)C(F)C(=O)OF)CCCCC1. The number of rotatable bonds is 5. The number of esters is 1. The second kappa shape index (κ2) is 6.41. The van der Waals surface area contributed by atoms with Gasteiger partial charge in [0, 0.05) is 4.53 Å². The Bertz CT molecular complexity index is 366. The second-order valence-corrected chi connectivity index (χ2v) is 4.87. The minimum Gasteiger partial charge on any atom is -0.455 e. The van der Waals surface area contributed by atoms with Crippen molar-refractivity contribution in [3.63, 3.8) is 0 Å². The maximum absolute atomic E-state index is 13.4. The lowest BCUT2D eigenvalue weighted by Crippen LogP contribution is -2.49. The Morgan fingerprint density at radius 3 is 2.25 bits per heavy atom. The molecule has 4 nitrogen and oxygen atoms in total. The van der Waals surface area contributed by atoms with E-state index >= 15 is 0 Å². The van der Waals surface area contributed by atoms with E-state index in [-0.39, 0.29) is 0 Å². The van der Waals surface area contributed by atoms with Crippen LogP contribution in [0.3, 0.4) is 0 Å². The molecule has 0 amide bonds. The van der Waals surface area contributed by atoms with Gasteiger partial charge in [-0.2, -0.15) is 8.78 Å². The summed E-state index contributed by atoms with van der Waals surface area (Å²) in [5, 5.41) is 0. The zero-order valence-electron chi connectivity index (χ0n) is 11.0. The predicted octanol–water partition coefficient (Wildman–Crippen LogP) is 3.04. The maximum atomic E-state index is 13.4. The Kier molecular flexibility index (Phi) is 5.35. The second-order valence-electron chi connectivity index (χ2n) is 4.87. The highest BCUT2D eigenvalue weighted by Crippen LogP contribution is 2.37. The van der Waals surface area contributed by atoms with E-state index in [9.17, 15) is 27.3 Å². The quantitative estimate of drug-likeness (QED) is 0.578. The average Bonchev–Trinajstić information content (AvgIpc) is 2.46. The first-order valence-corrected chi connectivity index (χ1v) is 6.37. The van der Waals surface area contributed by atoms with Crippen molar-refractivity contribution in [2.75, 3.05) is 0 Å². The molecule has 8 heteroatoms. The number of halogens is 4. The molecule has 1 unspecified atom stereocenters. The Morgan fingerprint density at radius 1 is 1.25 bits per heavy atom. The van der Waals surface area contributed by atoms with E-state index in [1.54, 1.807) is 6.92 Å². The summed E-state index contributed by atoms with van der Waals surface area (Å²) in [6.45, 7) is 1.67. The van der Waals surface area contributed by atoms with Gasteiger partial charge in [0.2, 0.25) is 0 Å². The van der Waals surface area contributed by atoms with Crippen LogP contribution in [0.15, 0.2) is 0 Å². The van der Waals surface area contributed by atoms with Gasteiger partial charge in [0.15, 0.2) is 0 Å². The molecule has 20 heavy (non-hydrogen) atoms. The molecule has 1 saturated carbocycles. The van der Waals surface area contributed by atoms with Crippen molar-refractivity contribution < 1.29 is 37.0 Å². The minimum absolute atomic E-state index is 0.305. The predicted molar refractivity (Wildman–Crippen MR) is 59.2 cm³/mol. The van der Waals surface area contributed by atoms with Gasteiger partial charge in [0.25, 0.3) is 6.17 Å². The van der Waals surface area contributed by atoms with Crippen LogP contribution in [-0.4, -0.2) is 29.6 Å². The first kappa shape index (κ1) is 16.7. The first-order valence-electron chi connectivity index (χ1n) is 6.37. The van der Waals surface area contributed by atoms with Crippen LogP contribution in [0.2, 0.25) is 0 Å². The van der Waals surface area contributed by atoms with Gasteiger partial charge in [-0.15, -0.1) is 0 Å². The summed E-state index contributed by atoms with van der Waals surface area (Å²) in [7, 11) is 0. The monoisotopic (exact) mass is 300 g/mol. The Labute approximate surface area is 113 Å². The maximum Gasteiger partial charge on any atom is 0.389 e. The molecule has 0 aromatic carbocycles. The third-order valence-corrected chi connectivity index (χ3v) is 3.59. The van der Waals surface area contributed by atoms with Crippen molar-refractivity contribution in [1.82, 2.24) is 0 Å². The highest BCUT2D eigenvalue weighted by atomic mass is 19.3. The molecule has 0 aromatic heterocycles. The van der Waals surface area contributed by atoms with Gasteiger partial charge in [-0.05, 0) is 32.1 Å². The summed E-state index contributed by atoms with van der Waals surface area (Å²) in [5.41, 5.74) is -1.07. The zero-order valence-corrected chi connectivity index (χ0v) is 11.0. The number of ether oxygens (including phenoxy) is 1. The number of alkyl halides is 3.